The minimum absolute atomic E-state index is 0.0860. The molecule has 6 heteroatoms. The van der Waals surface area contributed by atoms with Gasteiger partial charge in [-0.05, 0) is 87.5 Å². The number of nitrogens with one attached hydrogen (secondary N) is 2. The third-order valence-corrected chi connectivity index (χ3v) is 5.21. The van der Waals surface area contributed by atoms with Gasteiger partial charge in [-0.2, -0.15) is 0 Å². The molecule has 0 aliphatic carbocycles. The molecule has 2 amide bonds. The molecule has 0 bridgehead atoms. The molecule has 1 atom stereocenters. The van der Waals surface area contributed by atoms with E-state index in [2.05, 4.69) is 15.5 Å². The molecule has 2 aromatic rings. The highest BCUT2D eigenvalue weighted by atomic mass is 35.5. The van der Waals surface area contributed by atoms with Gasteiger partial charge in [-0.25, -0.2) is 0 Å². The van der Waals surface area contributed by atoms with Gasteiger partial charge in [0.15, 0.2) is 0 Å². The second kappa shape index (κ2) is 9.71. The number of aryl methyl sites for hydroxylation is 2. The Bertz CT molecular complexity index is 824. The Kier molecular flexibility index (Phi) is 7.61. The number of carbonyl (C=O) groups excluding carboxylic acids is 2. The zero-order valence-corrected chi connectivity index (χ0v) is 17.9. The molecule has 0 spiro atoms. The average Bonchev–Trinajstić information content (AvgIpc) is 2.66. The summed E-state index contributed by atoms with van der Waals surface area (Å²) in [5.74, 6) is -0.205. The highest BCUT2D eigenvalue weighted by Gasteiger charge is 2.18. The molecule has 0 aliphatic heterocycles. The normalized spacial score (nSPS) is 12.0. The monoisotopic (exact) mass is 401 g/mol. The van der Waals surface area contributed by atoms with Gasteiger partial charge in [0.05, 0.1) is 0 Å². The Balaban J connectivity index is 2.11. The van der Waals surface area contributed by atoms with Gasteiger partial charge in [0, 0.05) is 35.8 Å². The molecule has 0 unspecified atom stereocenters. The first-order chi connectivity index (χ1) is 13.2. The van der Waals surface area contributed by atoms with Crippen molar-refractivity contribution >= 4 is 23.4 Å². The molecule has 0 radical (unpaired) electrons. The van der Waals surface area contributed by atoms with Crippen LogP contribution in [0.25, 0.3) is 0 Å². The van der Waals surface area contributed by atoms with Crippen LogP contribution in [0.2, 0.25) is 5.02 Å². The highest BCUT2D eigenvalue weighted by Crippen LogP contribution is 2.20. The highest BCUT2D eigenvalue weighted by molar-refractivity contribution is 6.30. The van der Waals surface area contributed by atoms with Crippen LogP contribution in [0.3, 0.4) is 0 Å². The van der Waals surface area contributed by atoms with E-state index >= 15 is 0 Å². The van der Waals surface area contributed by atoms with E-state index < -0.39 is 0 Å². The molecule has 0 saturated heterocycles. The minimum Gasteiger partial charge on any atom is -0.355 e. The number of halogens is 1. The first-order valence-corrected chi connectivity index (χ1v) is 9.63. The number of likely N-dealkylation sites (N-methyl/N-ethyl adjacent to an activating group) is 1. The van der Waals surface area contributed by atoms with E-state index in [0.717, 1.165) is 17.5 Å². The third kappa shape index (κ3) is 5.57. The topological polar surface area (TPSA) is 61.4 Å². The molecule has 5 nitrogen and oxygen atoms in total. The molecule has 0 heterocycles. The maximum atomic E-state index is 12.4. The van der Waals surface area contributed by atoms with E-state index in [1.165, 1.54) is 5.56 Å². The standard InChI is InChI=1S/C22H28ClN3O2/c1-14-10-17(21(27)24-3)11-15(2)20(14)12-19(26(4)5)13-25-22(28)16-6-8-18(23)9-7-16/h6-11,19H,12-13H2,1-5H3,(H,24,27)(H,25,28)/t19-/m0/s1. The number of nitrogens with zero attached hydrogens (tertiary/aromatic N) is 1. The van der Waals surface area contributed by atoms with Crippen LogP contribution in [0, 0.1) is 13.8 Å². The van der Waals surface area contributed by atoms with Gasteiger partial charge < -0.3 is 15.5 Å². The number of rotatable bonds is 7. The molecule has 0 saturated carbocycles. The van der Waals surface area contributed by atoms with Crippen molar-refractivity contribution in [3.63, 3.8) is 0 Å². The molecule has 0 aliphatic rings. The summed E-state index contributed by atoms with van der Waals surface area (Å²) in [6.07, 6.45) is 0.777. The maximum Gasteiger partial charge on any atom is 0.251 e. The lowest BCUT2D eigenvalue weighted by Gasteiger charge is -2.26. The fraction of sp³-hybridized carbons (Fsp3) is 0.364. The summed E-state index contributed by atoms with van der Waals surface area (Å²) in [7, 11) is 5.64. The summed E-state index contributed by atoms with van der Waals surface area (Å²) in [4.78, 5) is 26.4. The largest absolute Gasteiger partial charge is 0.355 e. The molecule has 0 aromatic heterocycles. The fourth-order valence-corrected chi connectivity index (χ4v) is 3.30. The van der Waals surface area contributed by atoms with Gasteiger partial charge in [0.1, 0.15) is 0 Å². The molecule has 2 aromatic carbocycles. The first kappa shape index (κ1) is 21.9. The lowest BCUT2D eigenvalue weighted by molar-refractivity contribution is 0.0938. The van der Waals surface area contributed by atoms with Gasteiger partial charge in [-0.1, -0.05) is 11.6 Å². The molecular weight excluding hydrogens is 374 g/mol. The fourth-order valence-electron chi connectivity index (χ4n) is 3.18. The van der Waals surface area contributed by atoms with E-state index in [1.54, 1.807) is 31.3 Å². The van der Waals surface area contributed by atoms with E-state index in [4.69, 9.17) is 11.6 Å². The average molecular weight is 402 g/mol. The van der Waals surface area contributed by atoms with E-state index in [0.29, 0.717) is 22.7 Å². The van der Waals surface area contributed by atoms with Crippen LogP contribution in [0.15, 0.2) is 36.4 Å². The summed E-state index contributed by atoms with van der Waals surface area (Å²) < 4.78 is 0. The Morgan fingerprint density at radius 1 is 1.00 bits per heavy atom. The second-order valence-corrected chi connectivity index (χ2v) is 7.64. The van der Waals surface area contributed by atoms with Crippen LogP contribution in [-0.2, 0) is 6.42 Å². The number of carbonyl (C=O) groups is 2. The van der Waals surface area contributed by atoms with E-state index in [1.807, 2.05) is 40.1 Å². The van der Waals surface area contributed by atoms with Crippen molar-refractivity contribution in [2.75, 3.05) is 27.7 Å². The van der Waals surface area contributed by atoms with E-state index in [-0.39, 0.29) is 17.9 Å². The lowest BCUT2D eigenvalue weighted by Crippen LogP contribution is -2.41. The van der Waals surface area contributed by atoms with Crippen molar-refractivity contribution in [3.05, 3.63) is 69.2 Å². The van der Waals surface area contributed by atoms with Crippen LogP contribution in [0.4, 0.5) is 0 Å². The van der Waals surface area contributed by atoms with Gasteiger partial charge >= 0.3 is 0 Å². The molecule has 0 fully saturated rings. The predicted molar refractivity (Wildman–Crippen MR) is 114 cm³/mol. The predicted octanol–water partition coefficient (Wildman–Crippen LogP) is 3.22. The summed E-state index contributed by atoms with van der Waals surface area (Å²) >= 11 is 5.88. The van der Waals surface area contributed by atoms with E-state index in [9.17, 15) is 9.59 Å². The van der Waals surface area contributed by atoms with Crippen molar-refractivity contribution in [2.45, 2.75) is 26.3 Å². The van der Waals surface area contributed by atoms with Crippen molar-refractivity contribution in [1.29, 1.82) is 0 Å². The van der Waals surface area contributed by atoms with Crippen molar-refractivity contribution in [2.24, 2.45) is 0 Å². The molecular formula is C22H28ClN3O2. The minimum atomic E-state index is -0.119. The zero-order chi connectivity index (χ0) is 20.8. The summed E-state index contributed by atoms with van der Waals surface area (Å²) in [6.45, 7) is 4.56. The summed E-state index contributed by atoms with van der Waals surface area (Å²) in [5.41, 5.74) is 4.61. The number of benzene rings is 2. The van der Waals surface area contributed by atoms with Crippen LogP contribution in [0.5, 0.6) is 0 Å². The summed E-state index contributed by atoms with van der Waals surface area (Å²) in [6, 6.07) is 10.8. The van der Waals surface area contributed by atoms with Crippen LogP contribution in [-0.4, -0.2) is 50.4 Å². The zero-order valence-electron chi connectivity index (χ0n) is 17.1. The Labute approximate surface area is 172 Å². The molecule has 2 N–H and O–H groups in total. The summed E-state index contributed by atoms with van der Waals surface area (Å²) in [5, 5.41) is 6.28. The van der Waals surface area contributed by atoms with Crippen molar-refractivity contribution < 1.29 is 9.59 Å². The van der Waals surface area contributed by atoms with Gasteiger partial charge in [0.2, 0.25) is 0 Å². The first-order valence-electron chi connectivity index (χ1n) is 9.25. The number of hydrogen-bond acceptors (Lipinski definition) is 3. The van der Waals surface area contributed by atoms with Crippen LogP contribution < -0.4 is 10.6 Å². The Hall–Kier alpha value is -2.37. The molecule has 2 rings (SSSR count). The van der Waals surface area contributed by atoms with Gasteiger partial charge in [0.25, 0.3) is 11.8 Å². The van der Waals surface area contributed by atoms with Crippen molar-refractivity contribution in [1.82, 2.24) is 15.5 Å². The molecule has 150 valence electrons. The van der Waals surface area contributed by atoms with Crippen LogP contribution in [0.1, 0.15) is 37.4 Å². The quantitative estimate of drug-likeness (QED) is 0.748. The van der Waals surface area contributed by atoms with Gasteiger partial charge in [-0.3, -0.25) is 9.59 Å². The Morgan fingerprint density at radius 3 is 2.07 bits per heavy atom. The number of hydrogen-bond donors (Lipinski definition) is 2. The van der Waals surface area contributed by atoms with Crippen molar-refractivity contribution in [3.8, 4) is 0 Å². The third-order valence-electron chi connectivity index (χ3n) is 4.96. The molecule has 28 heavy (non-hydrogen) atoms. The lowest BCUT2D eigenvalue weighted by atomic mass is 9.93. The maximum absolute atomic E-state index is 12.4. The SMILES string of the molecule is CNC(=O)c1cc(C)c(C[C@@H](CNC(=O)c2ccc(Cl)cc2)N(C)C)c(C)c1. The van der Waals surface area contributed by atoms with Gasteiger partial charge in [-0.15, -0.1) is 0 Å². The Morgan fingerprint density at radius 2 is 1.57 bits per heavy atom. The number of amides is 2. The smallest absolute Gasteiger partial charge is 0.251 e. The second-order valence-electron chi connectivity index (χ2n) is 7.21. The van der Waals surface area contributed by atoms with Crippen LogP contribution >= 0.6 is 11.6 Å².